The molecule has 1 amide bonds. The van der Waals surface area contributed by atoms with Crippen molar-refractivity contribution in [2.45, 2.75) is 6.92 Å². The molecule has 1 fully saturated rings. The lowest BCUT2D eigenvalue weighted by Crippen LogP contribution is -2.36. The van der Waals surface area contributed by atoms with E-state index in [-0.39, 0.29) is 11.3 Å². The highest BCUT2D eigenvalue weighted by Crippen LogP contribution is 2.42. The average Bonchev–Trinajstić information content (AvgIpc) is 3.24. The van der Waals surface area contributed by atoms with Crippen LogP contribution in [0.5, 0.6) is 0 Å². The highest BCUT2D eigenvalue weighted by Gasteiger charge is 2.21. The maximum Gasteiger partial charge on any atom is 0.221 e. The lowest BCUT2D eigenvalue weighted by Gasteiger charge is -2.27. The molecule has 1 aliphatic rings. The largest absolute Gasteiger partial charge is 0.455 e. The van der Waals surface area contributed by atoms with Crippen molar-refractivity contribution in [3.8, 4) is 11.1 Å². The van der Waals surface area contributed by atoms with Gasteiger partial charge in [0, 0.05) is 42.6 Å². The number of hydrogen-bond acceptors (Lipinski definition) is 6. The molecule has 0 aliphatic carbocycles. The summed E-state index contributed by atoms with van der Waals surface area (Å²) < 4.78 is 18.1. The minimum atomic E-state index is -0.161. The molecule has 1 N–H and O–H groups in total. The number of morpholine rings is 1. The van der Waals surface area contributed by atoms with Crippen LogP contribution in [-0.4, -0.2) is 32.2 Å². The summed E-state index contributed by atoms with van der Waals surface area (Å²) >= 11 is 0. The first-order valence-corrected chi connectivity index (χ1v) is 11.2. The van der Waals surface area contributed by atoms with Crippen molar-refractivity contribution in [3.63, 3.8) is 0 Å². The summed E-state index contributed by atoms with van der Waals surface area (Å²) in [4.78, 5) is 26.9. The van der Waals surface area contributed by atoms with E-state index in [1.165, 1.54) is 6.92 Å². The van der Waals surface area contributed by atoms with Gasteiger partial charge < -0.3 is 23.8 Å². The van der Waals surface area contributed by atoms with Crippen LogP contribution in [0.2, 0.25) is 0 Å². The van der Waals surface area contributed by atoms with Crippen LogP contribution in [-0.2, 0) is 9.53 Å². The zero-order valence-corrected chi connectivity index (χ0v) is 18.6. The number of carbonyl (C=O) groups is 1. The van der Waals surface area contributed by atoms with Gasteiger partial charge in [-0.2, -0.15) is 0 Å². The van der Waals surface area contributed by atoms with Gasteiger partial charge in [0.15, 0.2) is 11.3 Å². The maximum atomic E-state index is 13.0. The number of ether oxygens (including phenoxy) is 1. The van der Waals surface area contributed by atoms with Crippen LogP contribution >= 0.6 is 0 Å². The van der Waals surface area contributed by atoms with Gasteiger partial charge in [0.2, 0.25) is 5.91 Å². The van der Waals surface area contributed by atoms with Crippen LogP contribution in [0.1, 0.15) is 6.92 Å². The number of carbonyl (C=O) groups excluding carboxylic acids is 1. The first-order valence-electron chi connectivity index (χ1n) is 11.2. The molecule has 7 nitrogen and oxygen atoms in total. The fourth-order valence-electron chi connectivity index (χ4n) is 4.65. The number of fused-ring (bicyclic) bond motifs is 4. The van der Waals surface area contributed by atoms with Crippen molar-refractivity contribution >= 4 is 50.4 Å². The Morgan fingerprint density at radius 3 is 2.47 bits per heavy atom. The van der Waals surface area contributed by atoms with Crippen LogP contribution in [0.15, 0.2) is 74.3 Å². The summed E-state index contributed by atoms with van der Waals surface area (Å²) in [6.45, 7) is 3.99. The van der Waals surface area contributed by atoms with Gasteiger partial charge in [0.25, 0.3) is 0 Å². The molecule has 2 aromatic heterocycles. The number of nitrogens with zero attached hydrogens (tertiary/aromatic N) is 1. The Labute approximate surface area is 194 Å². The van der Waals surface area contributed by atoms with E-state index in [1.807, 2.05) is 53.4 Å². The van der Waals surface area contributed by atoms with Crippen molar-refractivity contribution in [1.82, 2.24) is 0 Å². The molecule has 0 unspecified atom stereocenters. The molecule has 170 valence electrons. The normalized spacial score (nSPS) is 14.2. The Morgan fingerprint density at radius 1 is 0.882 bits per heavy atom. The molecular weight excluding hydrogens is 432 g/mol. The summed E-state index contributed by atoms with van der Waals surface area (Å²) in [5, 5.41) is 5.13. The zero-order valence-electron chi connectivity index (χ0n) is 18.6. The second kappa shape index (κ2) is 8.04. The average molecular weight is 454 g/mol. The lowest BCUT2D eigenvalue weighted by atomic mass is 9.99. The Hall–Kier alpha value is -4.10. The van der Waals surface area contributed by atoms with E-state index in [4.69, 9.17) is 13.6 Å². The number of nitrogens with one attached hydrogen (secondary N) is 1. The minimum Gasteiger partial charge on any atom is -0.455 e. The van der Waals surface area contributed by atoms with Gasteiger partial charge in [-0.25, -0.2) is 0 Å². The molecule has 6 rings (SSSR count). The Kier molecular flexibility index (Phi) is 4.85. The Bertz CT molecular complexity index is 1630. The Morgan fingerprint density at radius 2 is 1.65 bits per heavy atom. The molecule has 3 aromatic carbocycles. The van der Waals surface area contributed by atoms with E-state index in [1.54, 1.807) is 12.1 Å². The van der Waals surface area contributed by atoms with Gasteiger partial charge in [-0.15, -0.1) is 0 Å². The second-order valence-corrected chi connectivity index (χ2v) is 8.37. The van der Waals surface area contributed by atoms with Gasteiger partial charge in [0.1, 0.15) is 16.7 Å². The van der Waals surface area contributed by atoms with E-state index in [0.29, 0.717) is 60.0 Å². The minimum absolute atomic E-state index is 0.0969. The predicted molar refractivity (Wildman–Crippen MR) is 133 cm³/mol. The summed E-state index contributed by atoms with van der Waals surface area (Å²) in [6.07, 6.45) is 0. The third-order valence-electron chi connectivity index (χ3n) is 6.19. The molecule has 0 atom stereocenters. The molecule has 0 saturated carbocycles. The van der Waals surface area contributed by atoms with Gasteiger partial charge in [-0.05, 0) is 24.3 Å². The van der Waals surface area contributed by atoms with Crippen LogP contribution in [0.3, 0.4) is 0 Å². The van der Waals surface area contributed by atoms with Gasteiger partial charge in [0.05, 0.1) is 29.7 Å². The number of rotatable bonds is 3. The smallest absolute Gasteiger partial charge is 0.221 e. The number of hydrogen-bond donors (Lipinski definition) is 1. The van der Waals surface area contributed by atoms with E-state index in [2.05, 4.69) is 5.32 Å². The molecular formula is C27H22N2O5. The Balaban J connectivity index is 1.63. The molecule has 0 radical (unpaired) electrons. The first-order chi connectivity index (χ1) is 16.6. The standard InChI is InChI=1S/C27H22N2O5/c1-16(30)28-21-10-9-18(27-25(21)20-5-2-3-8-23(20)33-27)17-6-4-7-19-22(31)15-24(34-26(17)19)29-11-13-32-14-12-29/h2-10,15H,11-14H2,1H3,(H,28,30). The molecule has 1 saturated heterocycles. The maximum absolute atomic E-state index is 13.0. The predicted octanol–water partition coefficient (Wildman–Crippen LogP) is 5.15. The first kappa shape index (κ1) is 20.5. The van der Waals surface area contributed by atoms with Gasteiger partial charge >= 0.3 is 0 Å². The fraction of sp³-hybridized carbons (Fsp3) is 0.185. The SMILES string of the molecule is CC(=O)Nc1ccc(-c2cccc3c(=O)cc(N4CCOCC4)oc23)c2oc3ccccc3c12. The topological polar surface area (TPSA) is 84.9 Å². The summed E-state index contributed by atoms with van der Waals surface area (Å²) in [6, 6.07) is 18.6. The summed E-state index contributed by atoms with van der Waals surface area (Å²) in [5.74, 6) is 0.370. The number of amides is 1. The second-order valence-electron chi connectivity index (χ2n) is 8.37. The van der Waals surface area contributed by atoms with Crippen molar-refractivity contribution in [2.24, 2.45) is 0 Å². The number of para-hydroxylation sites is 2. The third-order valence-corrected chi connectivity index (χ3v) is 6.19. The third kappa shape index (κ3) is 3.33. The molecule has 7 heteroatoms. The molecule has 1 aliphatic heterocycles. The van der Waals surface area contributed by atoms with E-state index in [0.717, 1.165) is 21.9 Å². The lowest BCUT2D eigenvalue weighted by molar-refractivity contribution is -0.114. The molecule has 0 bridgehead atoms. The van der Waals surface area contributed by atoms with Gasteiger partial charge in [-0.1, -0.05) is 30.3 Å². The highest BCUT2D eigenvalue weighted by molar-refractivity contribution is 6.18. The highest BCUT2D eigenvalue weighted by atomic mass is 16.5. The van der Waals surface area contributed by atoms with Crippen LogP contribution in [0.4, 0.5) is 11.6 Å². The molecule has 3 heterocycles. The number of furan rings is 1. The van der Waals surface area contributed by atoms with E-state index < -0.39 is 0 Å². The zero-order chi connectivity index (χ0) is 23.2. The van der Waals surface area contributed by atoms with Crippen molar-refractivity contribution < 1.29 is 18.4 Å². The number of benzene rings is 3. The summed E-state index contributed by atoms with van der Waals surface area (Å²) in [7, 11) is 0. The van der Waals surface area contributed by atoms with Crippen LogP contribution in [0.25, 0.3) is 44.0 Å². The van der Waals surface area contributed by atoms with Crippen molar-refractivity contribution in [3.05, 3.63) is 70.9 Å². The van der Waals surface area contributed by atoms with E-state index in [9.17, 15) is 9.59 Å². The van der Waals surface area contributed by atoms with Crippen LogP contribution in [0, 0.1) is 0 Å². The molecule has 5 aromatic rings. The molecule has 34 heavy (non-hydrogen) atoms. The van der Waals surface area contributed by atoms with Crippen molar-refractivity contribution in [1.29, 1.82) is 0 Å². The van der Waals surface area contributed by atoms with Crippen LogP contribution < -0.4 is 15.6 Å². The van der Waals surface area contributed by atoms with Gasteiger partial charge in [-0.3, -0.25) is 9.59 Å². The number of anilines is 2. The monoisotopic (exact) mass is 454 g/mol. The molecule has 0 spiro atoms. The quantitative estimate of drug-likeness (QED) is 0.406. The van der Waals surface area contributed by atoms with E-state index >= 15 is 0 Å². The summed E-state index contributed by atoms with van der Waals surface area (Å²) in [5.41, 5.74) is 3.96. The fourth-order valence-corrected chi connectivity index (χ4v) is 4.65. The van der Waals surface area contributed by atoms with Crippen molar-refractivity contribution in [2.75, 3.05) is 36.5 Å².